The number of alkyl halides is 3. The van der Waals surface area contributed by atoms with E-state index >= 15 is 0 Å². The van der Waals surface area contributed by atoms with Crippen molar-refractivity contribution in [3.63, 3.8) is 0 Å². The van der Waals surface area contributed by atoms with Crippen molar-refractivity contribution in [3.05, 3.63) is 64.2 Å². The van der Waals surface area contributed by atoms with Crippen LogP contribution in [0.4, 0.5) is 28.4 Å². The summed E-state index contributed by atoms with van der Waals surface area (Å²) in [4.78, 5) is 52.0. The first-order valence-electron chi connectivity index (χ1n) is 11.6. The molecule has 2 aromatic rings. The molecule has 1 heterocycles. The zero-order valence-corrected chi connectivity index (χ0v) is 21.2. The minimum absolute atomic E-state index is 0.0917. The third kappa shape index (κ3) is 5.13. The molecule has 0 radical (unpaired) electrons. The molecule has 1 spiro atoms. The van der Waals surface area contributed by atoms with Gasteiger partial charge in [-0.15, -0.1) is 0 Å². The summed E-state index contributed by atoms with van der Waals surface area (Å²) in [5.74, 6) is -1.90. The normalized spacial score (nSPS) is 19.3. The van der Waals surface area contributed by atoms with Crippen molar-refractivity contribution in [1.82, 2.24) is 15.1 Å². The smallest absolute Gasteiger partial charge is 0.418 e. The Balaban J connectivity index is 1.56. The molecule has 0 aromatic heterocycles. The van der Waals surface area contributed by atoms with E-state index in [9.17, 15) is 32.3 Å². The summed E-state index contributed by atoms with van der Waals surface area (Å²) < 4.78 is 46.3. The van der Waals surface area contributed by atoms with Crippen LogP contribution in [-0.2, 0) is 32.9 Å². The molecule has 2 aliphatic rings. The highest BCUT2D eigenvalue weighted by atomic mass is 35.5. The number of hydrogen-bond acceptors (Lipinski definition) is 5. The van der Waals surface area contributed by atoms with E-state index < -0.39 is 54.8 Å². The van der Waals surface area contributed by atoms with Crippen molar-refractivity contribution in [2.45, 2.75) is 44.1 Å². The lowest BCUT2D eigenvalue weighted by Gasteiger charge is -2.31. The van der Waals surface area contributed by atoms with E-state index in [-0.39, 0.29) is 6.42 Å². The molecule has 1 unspecified atom stereocenters. The van der Waals surface area contributed by atoms with Crippen molar-refractivity contribution in [2.24, 2.45) is 0 Å². The number of nitrogens with one attached hydrogen (secondary N) is 2. The molecular formula is C25H24ClF3N4O5. The highest BCUT2D eigenvalue weighted by molar-refractivity contribution is 6.30. The summed E-state index contributed by atoms with van der Waals surface area (Å²) in [5, 5.41) is 5.40. The second-order valence-corrected chi connectivity index (χ2v) is 9.46. The second kappa shape index (κ2) is 10.2. The van der Waals surface area contributed by atoms with Gasteiger partial charge in [0.2, 0.25) is 11.5 Å². The van der Waals surface area contributed by atoms with Crippen LogP contribution in [0.15, 0.2) is 42.5 Å². The fourth-order valence-electron chi connectivity index (χ4n) is 4.55. The molecule has 13 heteroatoms. The summed E-state index contributed by atoms with van der Waals surface area (Å²) in [6.07, 6.45) is -5.43. The van der Waals surface area contributed by atoms with Gasteiger partial charge in [-0.3, -0.25) is 9.59 Å². The van der Waals surface area contributed by atoms with E-state index in [1.165, 1.54) is 37.4 Å². The summed E-state index contributed by atoms with van der Waals surface area (Å²) in [7, 11) is 1.45. The average Bonchev–Trinajstić information content (AvgIpc) is 3.34. The maximum Gasteiger partial charge on any atom is 0.418 e. The van der Waals surface area contributed by atoms with Crippen LogP contribution in [0.1, 0.15) is 30.0 Å². The topological polar surface area (TPSA) is 108 Å². The van der Waals surface area contributed by atoms with Crippen molar-refractivity contribution in [3.8, 4) is 0 Å². The number of imide groups is 1. The molecule has 1 aliphatic carbocycles. The number of carbonyl (C=O) groups is 4. The Kier molecular flexibility index (Phi) is 7.29. The molecule has 202 valence electrons. The van der Waals surface area contributed by atoms with Crippen molar-refractivity contribution < 1.29 is 37.1 Å². The Labute approximate surface area is 220 Å². The van der Waals surface area contributed by atoms with Gasteiger partial charge >= 0.3 is 18.3 Å². The third-order valence-electron chi connectivity index (χ3n) is 6.67. The van der Waals surface area contributed by atoms with Gasteiger partial charge in [-0.1, -0.05) is 29.8 Å². The Morgan fingerprint density at radius 3 is 2.50 bits per heavy atom. The van der Waals surface area contributed by atoms with Crippen LogP contribution < -0.4 is 10.6 Å². The Morgan fingerprint density at radius 1 is 1.18 bits per heavy atom. The van der Waals surface area contributed by atoms with Crippen LogP contribution >= 0.6 is 11.6 Å². The molecule has 0 bridgehead atoms. The van der Waals surface area contributed by atoms with Crippen LogP contribution in [0.25, 0.3) is 0 Å². The van der Waals surface area contributed by atoms with Gasteiger partial charge in [0.15, 0.2) is 0 Å². The lowest BCUT2D eigenvalue weighted by atomic mass is 9.94. The molecule has 1 saturated heterocycles. The molecule has 9 nitrogen and oxygen atoms in total. The number of fused-ring (bicyclic) bond motifs is 2. The first kappa shape index (κ1) is 27.2. The number of halogens is 4. The summed E-state index contributed by atoms with van der Waals surface area (Å²) >= 11 is 5.85. The maximum absolute atomic E-state index is 13.6. The van der Waals surface area contributed by atoms with Gasteiger partial charge in [-0.25, -0.2) is 14.5 Å². The number of hydrogen-bond donors (Lipinski definition) is 2. The molecular weight excluding hydrogens is 529 g/mol. The number of anilines is 1. The number of urea groups is 1. The summed E-state index contributed by atoms with van der Waals surface area (Å²) in [6, 6.07) is 8.03. The Morgan fingerprint density at radius 2 is 1.87 bits per heavy atom. The van der Waals surface area contributed by atoms with Crippen molar-refractivity contribution in [1.29, 1.82) is 0 Å². The van der Waals surface area contributed by atoms with E-state index in [4.69, 9.17) is 16.3 Å². The average molecular weight is 553 g/mol. The fourth-order valence-corrected chi connectivity index (χ4v) is 4.68. The van der Waals surface area contributed by atoms with Gasteiger partial charge in [-0.2, -0.15) is 13.2 Å². The van der Waals surface area contributed by atoms with Crippen LogP contribution in [-0.4, -0.2) is 59.5 Å². The highest BCUT2D eigenvalue weighted by Gasteiger charge is 2.58. The largest absolute Gasteiger partial charge is 0.427 e. The lowest BCUT2D eigenvalue weighted by molar-refractivity contribution is -0.187. The molecule has 4 rings (SSSR count). The van der Waals surface area contributed by atoms with Gasteiger partial charge in [0.05, 0.1) is 0 Å². The molecule has 2 atom stereocenters. The molecule has 1 aliphatic heterocycles. The molecule has 0 saturated carbocycles. The van der Waals surface area contributed by atoms with E-state index in [0.29, 0.717) is 43.6 Å². The number of nitrogens with zero attached hydrogens (tertiary/aromatic N) is 2. The second-order valence-electron chi connectivity index (χ2n) is 9.03. The van der Waals surface area contributed by atoms with Gasteiger partial charge in [0.25, 0.3) is 5.91 Å². The van der Waals surface area contributed by atoms with E-state index in [0.717, 1.165) is 6.92 Å². The monoisotopic (exact) mass is 552 g/mol. The SMILES string of the molecule is CNC(=O)Nc1ccc2c(c1)CCC21OC(=O)N(CC(=O)N(Cc2ccc(Cl)cc2)[C@@H](C)C(F)(F)F)C1=O. The third-order valence-corrected chi connectivity index (χ3v) is 6.92. The zero-order valence-electron chi connectivity index (χ0n) is 20.4. The van der Waals surface area contributed by atoms with Gasteiger partial charge in [-0.05, 0) is 48.7 Å². The van der Waals surface area contributed by atoms with E-state index in [1.54, 1.807) is 12.1 Å². The fraction of sp³-hybridized carbons (Fsp3) is 0.360. The number of ether oxygens (including phenoxy) is 1. The van der Waals surface area contributed by atoms with E-state index in [2.05, 4.69) is 10.6 Å². The Bertz CT molecular complexity index is 1290. The van der Waals surface area contributed by atoms with Gasteiger partial charge in [0.1, 0.15) is 12.6 Å². The predicted molar refractivity (Wildman–Crippen MR) is 130 cm³/mol. The first-order valence-corrected chi connectivity index (χ1v) is 12.0. The lowest BCUT2D eigenvalue weighted by Crippen LogP contribution is -2.51. The standard InChI is InChI=1S/C25H24ClF3N4O5/c1-14(25(27,28)29)32(12-15-3-5-17(26)6-4-15)20(34)13-33-21(35)24(38-23(33)37)10-9-16-11-18(7-8-19(16)24)31-22(36)30-2/h3-8,11,14H,9-10,12-13H2,1-2H3,(H2,30,31,36)/t14-,24?/m0/s1. The maximum atomic E-state index is 13.6. The molecule has 2 N–H and O–H groups in total. The van der Waals surface area contributed by atoms with Crippen LogP contribution in [0.5, 0.6) is 0 Å². The van der Waals surface area contributed by atoms with Crippen molar-refractivity contribution >= 4 is 41.2 Å². The van der Waals surface area contributed by atoms with Crippen LogP contribution in [0, 0.1) is 0 Å². The summed E-state index contributed by atoms with van der Waals surface area (Å²) in [5.41, 5.74) is 0.215. The predicted octanol–water partition coefficient (Wildman–Crippen LogP) is 4.19. The van der Waals surface area contributed by atoms with Gasteiger partial charge < -0.3 is 20.3 Å². The quantitative estimate of drug-likeness (QED) is 0.559. The number of benzene rings is 2. The zero-order chi connectivity index (χ0) is 27.8. The highest BCUT2D eigenvalue weighted by Crippen LogP contribution is 2.46. The minimum atomic E-state index is -4.75. The van der Waals surface area contributed by atoms with Crippen LogP contribution in [0.2, 0.25) is 5.02 Å². The van der Waals surface area contributed by atoms with Crippen molar-refractivity contribution in [2.75, 3.05) is 18.9 Å². The van der Waals surface area contributed by atoms with Crippen LogP contribution in [0.3, 0.4) is 0 Å². The summed E-state index contributed by atoms with van der Waals surface area (Å²) in [6.45, 7) is -0.501. The minimum Gasteiger partial charge on any atom is -0.427 e. The molecule has 5 amide bonds. The van der Waals surface area contributed by atoms with E-state index in [1.807, 2.05) is 0 Å². The number of rotatable bonds is 6. The Hall–Kier alpha value is -3.80. The molecule has 1 fully saturated rings. The number of amides is 5. The first-order chi connectivity index (χ1) is 17.9. The molecule has 2 aromatic carbocycles. The van der Waals surface area contributed by atoms with Gasteiger partial charge in [0, 0.05) is 36.3 Å². The molecule has 38 heavy (non-hydrogen) atoms. The number of carbonyl (C=O) groups excluding carboxylic acids is 4. The number of aryl methyl sites for hydroxylation is 1.